The first-order valence-electron chi connectivity index (χ1n) is 3.78. The van der Waals surface area contributed by atoms with Crippen molar-refractivity contribution in [2.45, 2.75) is 19.4 Å². The van der Waals surface area contributed by atoms with Gasteiger partial charge in [0.05, 0.1) is 6.42 Å². The zero-order chi connectivity index (χ0) is 9.14. The largest absolute Gasteiger partial charge is 0.386 e. The number of imidazole rings is 1. The van der Waals surface area contributed by atoms with Crippen LogP contribution in [-0.2, 0) is 18.3 Å². The molecule has 1 aromatic heterocycles. The number of hydrogen-bond acceptors (Lipinski definition) is 3. The topological polar surface area (TPSA) is 55.1 Å². The van der Waals surface area contributed by atoms with Gasteiger partial charge in [-0.1, -0.05) is 0 Å². The Morgan fingerprint density at radius 2 is 2.50 bits per heavy atom. The second kappa shape index (κ2) is 3.49. The van der Waals surface area contributed by atoms with Crippen LogP contribution in [0.25, 0.3) is 0 Å². The van der Waals surface area contributed by atoms with E-state index in [-0.39, 0.29) is 12.2 Å². The van der Waals surface area contributed by atoms with Crippen LogP contribution in [-0.4, -0.2) is 26.5 Å². The molecule has 1 N–H and O–H groups in total. The van der Waals surface area contributed by atoms with Gasteiger partial charge in [0.2, 0.25) is 0 Å². The molecule has 1 heterocycles. The van der Waals surface area contributed by atoms with Crippen molar-refractivity contribution >= 4 is 5.78 Å². The molecule has 0 saturated carbocycles. The van der Waals surface area contributed by atoms with Gasteiger partial charge in [0.25, 0.3) is 0 Å². The standard InChI is InChI=1S/C8H12N2O2/c1-6(11)7(12)5-8-9-3-4-10(8)2/h3-4,6,11H,5H2,1-2H3. The third kappa shape index (κ3) is 1.92. The highest BCUT2D eigenvalue weighted by Gasteiger charge is 2.11. The van der Waals surface area contributed by atoms with Gasteiger partial charge in [0.15, 0.2) is 5.78 Å². The fraction of sp³-hybridized carbons (Fsp3) is 0.500. The lowest BCUT2D eigenvalue weighted by Gasteiger charge is -2.02. The molecule has 0 aliphatic carbocycles. The zero-order valence-corrected chi connectivity index (χ0v) is 7.19. The monoisotopic (exact) mass is 168 g/mol. The van der Waals surface area contributed by atoms with Gasteiger partial charge in [0.1, 0.15) is 11.9 Å². The first-order chi connectivity index (χ1) is 5.61. The number of carbonyl (C=O) groups is 1. The lowest BCUT2D eigenvalue weighted by molar-refractivity contribution is -0.125. The van der Waals surface area contributed by atoms with Gasteiger partial charge in [-0.15, -0.1) is 0 Å². The number of carbonyl (C=O) groups excluding carboxylic acids is 1. The van der Waals surface area contributed by atoms with E-state index in [4.69, 9.17) is 5.11 Å². The summed E-state index contributed by atoms with van der Waals surface area (Å²) >= 11 is 0. The van der Waals surface area contributed by atoms with Crippen molar-refractivity contribution in [1.82, 2.24) is 9.55 Å². The predicted molar refractivity (Wildman–Crippen MR) is 43.6 cm³/mol. The van der Waals surface area contributed by atoms with E-state index in [1.807, 2.05) is 7.05 Å². The number of aliphatic hydroxyl groups is 1. The van der Waals surface area contributed by atoms with Gasteiger partial charge in [-0.2, -0.15) is 0 Å². The summed E-state index contributed by atoms with van der Waals surface area (Å²) in [7, 11) is 1.82. The quantitative estimate of drug-likeness (QED) is 0.686. The Balaban J connectivity index is 2.64. The number of aliphatic hydroxyl groups excluding tert-OH is 1. The first-order valence-corrected chi connectivity index (χ1v) is 3.78. The van der Waals surface area contributed by atoms with Gasteiger partial charge in [-0.05, 0) is 6.92 Å². The zero-order valence-electron chi connectivity index (χ0n) is 7.19. The van der Waals surface area contributed by atoms with Crippen LogP contribution in [0.4, 0.5) is 0 Å². The fourth-order valence-corrected chi connectivity index (χ4v) is 0.870. The van der Waals surface area contributed by atoms with Crippen LogP contribution in [0.5, 0.6) is 0 Å². The van der Waals surface area contributed by atoms with Crippen molar-refractivity contribution in [1.29, 1.82) is 0 Å². The lowest BCUT2D eigenvalue weighted by Crippen LogP contribution is -2.19. The molecule has 1 aromatic rings. The maximum absolute atomic E-state index is 11.1. The van der Waals surface area contributed by atoms with Crippen molar-refractivity contribution in [3.8, 4) is 0 Å². The van der Waals surface area contributed by atoms with E-state index in [9.17, 15) is 4.79 Å². The summed E-state index contributed by atoms with van der Waals surface area (Å²) in [5.74, 6) is 0.477. The van der Waals surface area contributed by atoms with Crippen molar-refractivity contribution in [2.24, 2.45) is 7.05 Å². The highest BCUT2D eigenvalue weighted by Crippen LogP contribution is 1.98. The molecule has 0 aliphatic rings. The van der Waals surface area contributed by atoms with E-state index < -0.39 is 6.10 Å². The van der Waals surface area contributed by atoms with Crippen molar-refractivity contribution in [2.75, 3.05) is 0 Å². The number of hydrogen-bond donors (Lipinski definition) is 1. The first kappa shape index (κ1) is 8.93. The molecular weight excluding hydrogens is 156 g/mol. The van der Waals surface area contributed by atoms with Crippen LogP contribution in [0.3, 0.4) is 0 Å². The minimum Gasteiger partial charge on any atom is -0.386 e. The summed E-state index contributed by atoms with van der Waals surface area (Å²) < 4.78 is 1.76. The molecular formula is C8H12N2O2. The van der Waals surface area contributed by atoms with Crippen molar-refractivity contribution in [3.05, 3.63) is 18.2 Å². The van der Waals surface area contributed by atoms with Crippen LogP contribution in [0.15, 0.2) is 12.4 Å². The van der Waals surface area contributed by atoms with Crippen LogP contribution >= 0.6 is 0 Å². The summed E-state index contributed by atoms with van der Waals surface area (Å²) in [6.07, 6.45) is 2.69. The van der Waals surface area contributed by atoms with E-state index in [1.54, 1.807) is 17.0 Å². The number of rotatable bonds is 3. The molecule has 0 aromatic carbocycles. The molecule has 0 radical (unpaired) electrons. The van der Waals surface area contributed by atoms with Gasteiger partial charge in [-0.3, -0.25) is 4.79 Å². The number of aromatic nitrogens is 2. The number of ketones is 1. The Labute approximate surface area is 70.9 Å². The van der Waals surface area contributed by atoms with Crippen LogP contribution < -0.4 is 0 Å². The summed E-state index contributed by atoms with van der Waals surface area (Å²) in [6.45, 7) is 1.46. The Morgan fingerprint density at radius 3 is 2.92 bits per heavy atom. The molecule has 0 aliphatic heterocycles. The molecule has 4 nitrogen and oxygen atoms in total. The molecule has 0 spiro atoms. The summed E-state index contributed by atoms with van der Waals surface area (Å²) in [5, 5.41) is 8.92. The maximum atomic E-state index is 11.1. The lowest BCUT2D eigenvalue weighted by atomic mass is 10.2. The van der Waals surface area contributed by atoms with Crippen molar-refractivity contribution < 1.29 is 9.90 Å². The smallest absolute Gasteiger partial charge is 0.168 e. The van der Waals surface area contributed by atoms with Gasteiger partial charge < -0.3 is 9.67 Å². The van der Waals surface area contributed by atoms with E-state index in [0.717, 1.165) is 0 Å². The molecule has 4 heteroatoms. The second-order valence-corrected chi connectivity index (χ2v) is 2.77. The third-order valence-corrected chi connectivity index (χ3v) is 1.72. The average molecular weight is 168 g/mol. The Kier molecular flexibility index (Phi) is 2.60. The number of Topliss-reactive ketones (excluding diaryl/α,β-unsaturated/α-hetero) is 1. The van der Waals surface area contributed by atoms with E-state index in [0.29, 0.717) is 5.82 Å². The van der Waals surface area contributed by atoms with Gasteiger partial charge >= 0.3 is 0 Å². The van der Waals surface area contributed by atoms with E-state index in [1.165, 1.54) is 6.92 Å². The molecule has 0 amide bonds. The van der Waals surface area contributed by atoms with Crippen LogP contribution in [0.1, 0.15) is 12.7 Å². The Hall–Kier alpha value is -1.16. The van der Waals surface area contributed by atoms with Gasteiger partial charge in [-0.25, -0.2) is 4.98 Å². The number of aryl methyl sites for hydroxylation is 1. The van der Waals surface area contributed by atoms with Crippen molar-refractivity contribution in [3.63, 3.8) is 0 Å². The summed E-state index contributed by atoms with van der Waals surface area (Å²) in [6, 6.07) is 0. The molecule has 0 bridgehead atoms. The molecule has 0 fully saturated rings. The molecule has 1 rings (SSSR count). The maximum Gasteiger partial charge on any atom is 0.168 e. The molecule has 0 saturated heterocycles. The van der Waals surface area contributed by atoms with E-state index >= 15 is 0 Å². The molecule has 1 atom stereocenters. The highest BCUT2D eigenvalue weighted by molar-refractivity contribution is 5.83. The summed E-state index contributed by atoms with van der Waals surface area (Å²) in [5.41, 5.74) is 0. The van der Waals surface area contributed by atoms with Gasteiger partial charge in [0, 0.05) is 19.4 Å². The van der Waals surface area contributed by atoms with Crippen LogP contribution in [0.2, 0.25) is 0 Å². The summed E-state index contributed by atoms with van der Waals surface area (Å²) in [4.78, 5) is 15.0. The van der Waals surface area contributed by atoms with E-state index in [2.05, 4.69) is 4.98 Å². The fourth-order valence-electron chi connectivity index (χ4n) is 0.870. The molecule has 66 valence electrons. The number of nitrogens with zero attached hydrogens (tertiary/aromatic N) is 2. The highest BCUT2D eigenvalue weighted by atomic mass is 16.3. The average Bonchev–Trinajstić information content (AvgIpc) is 2.36. The normalized spacial score (nSPS) is 12.9. The Bertz CT molecular complexity index is 278. The molecule has 1 unspecified atom stereocenters. The third-order valence-electron chi connectivity index (χ3n) is 1.72. The molecule has 12 heavy (non-hydrogen) atoms. The minimum atomic E-state index is -0.901. The minimum absolute atomic E-state index is 0.196. The second-order valence-electron chi connectivity index (χ2n) is 2.77. The van der Waals surface area contributed by atoms with Crippen LogP contribution in [0, 0.1) is 0 Å². The Morgan fingerprint density at radius 1 is 1.83 bits per heavy atom. The predicted octanol–water partition coefficient (Wildman–Crippen LogP) is -0.0875. The SMILES string of the molecule is CC(O)C(=O)Cc1nccn1C.